The van der Waals surface area contributed by atoms with E-state index in [4.69, 9.17) is 5.73 Å². The number of nitrogens with zero attached hydrogens (tertiary/aromatic N) is 1. The Morgan fingerprint density at radius 3 is 1.62 bits per heavy atom. The Hall–Kier alpha value is -0.0800. The number of hydrogen-bond acceptors (Lipinski definition) is 2. The second kappa shape index (κ2) is 13.6. The molecule has 0 amide bonds. The number of nitrogens with two attached hydrogens (primary N) is 1. The lowest BCUT2D eigenvalue weighted by Crippen LogP contribution is -2.51. The van der Waals surface area contributed by atoms with Crippen molar-refractivity contribution in [2.24, 2.45) is 5.73 Å². The van der Waals surface area contributed by atoms with E-state index < -0.39 is 0 Å². The molecular weight excluding hydrogens is 256 g/mol. The van der Waals surface area contributed by atoms with Crippen LogP contribution in [0.2, 0.25) is 0 Å². The van der Waals surface area contributed by atoms with E-state index in [9.17, 15) is 0 Å². The first kappa shape index (κ1) is 20.9. The third kappa shape index (κ3) is 9.52. The molecule has 0 aliphatic rings. The van der Waals surface area contributed by atoms with Crippen LogP contribution in [0.25, 0.3) is 0 Å². The Balaban J connectivity index is 3.56. The van der Waals surface area contributed by atoms with Gasteiger partial charge in [0.2, 0.25) is 0 Å². The van der Waals surface area contributed by atoms with Crippen LogP contribution in [-0.2, 0) is 0 Å². The predicted octanol–water partition coefficient (Wildman–Crippen LogP) is 5.36. The third-order valence-corrected chi connectivity index (χ3v) is 5.13. The molecule has 0 aliphatic carbocycles. The van der Waals surface area contributed by atoms with Gasteiger partial charge >= 0.3 is 0 Å². The minimum Gasteiger partial charge on any atom is -0.329 e. The third-order valence-electron chi connectivity index (χ3n) is 5.13. The van der Waals surface area contributed by atoms with Crippen molar-refractivity contribution in [1.82, 2.24) is 4.90 Å². The van der Waals surface area contributed by atoms with Gasteiger partial charge in [0.1, 0.15) is 0 Å². The van der Waals surface area contributed by atoms with Crippen molar-refractivity contribution in [3.63, 3.8) is 0 Å². The van der Waals surface area contributed by atoms with Crippen molar-refractivity contribution in [1.29, 1.82) is 0 Å². The molecule has 0 heterocycles. The molecule has 2 nitrogen and oxygen atoms in total. The van der Waals surface area contributed by atoms with E-state index in [1.54, 1.807) is 0 Å². The van der Waals surface area contributed by atoms with Gasteiger partial charge in [-0.25, -0.2) is 0 Å². The van der Waals surface area contributed by atoms with Crippen molar-refractivity contribution in [3.8, 4) is 0 Å². The Labute approximate surface area is 134 Å². The maximum absolute atomic E-state index is 5.97. The number of hydrogen-bond donors (Lipinski definition) is 1. The summed E-state index contributed by atoms with van der Waals surface area (Å²) >= 11 is 0. The van der Waals surface area contributed by atoms with Crippen molar-refractivity contribution >= 4 is 0 Å². The van der Waals surface area contributed by atoms with Gasteiger partial charge in [0.15, 0.2) is 0 Å². The van der Waals surface area contributed by atoms with Gasteiger partial charge in [-0.3, -0.25) is 4.90 Å². The molecule has 0 aromatic carbocycles. The van der Waals surface area contributed by atoms with Crippen molar-refractivity contribution in [3.05, 3.63) is 0 Å². The van der Waals surface area contributed by atoms with Crippen molar-refractivity contribution in [2.75, 3.05) is 19.6 Å². The normalized spacial score (nSPS) is 14.6. The topological polar surface area (TPSA) is 29.3 Å². The van der Waals surface area contributed by atoms with E-state index in [1.165, 1.54) is 70.8 Å². The molecular formula is C19H42N2. The fourth-order valence-electron chi connectivity index (χ4n) is 3.10. The van der Waals surface area contributed by atoms with Crippen molar-refractivity contribution < 1.29 is 0 Å². The Bertz CT molecular complexity index is 212. The molecule has 0 aromatic heterocycles. The van der Waals surface area contributed by atoms with Gasteiger partial charge in [-0.1, -0.05) is 78.6 Å². The number of likely N-dealkylation sites (N-methyl/N-ethyl adjacent to an activating group) is 1. The summed E-state index contributed by atoms with van der Waals surface area (Å²) in [5.74, 6) is 0. The van der Waals surface area contributed by atoms with E-state index in [-0.39, 0.29) is 5.54 Å². The number of unbranched alkanes of at least 4 members (excludes halogenated alkanes) is 9. The lowest BCUT2D eigenvalue weighted by atomic mass is 9.96. The fourth-order valence-corrected chi connectivity index (χ4v) is 3.10. The highest BCUT2D eigenvalue weighted by molar-refractivity contribution is 4.85. The molecule has 21 heavy (non-hydrogen) atoms. The average molecular weight is 299 g/mol. The van der Waals surface area contributed by atoms with Gasteiger partial charge in [0.25, 0.3) is 0 Å². The fraction of sp³-hybridized carbons (Fsp3) is 1.00. The van der Waals surface area contributed by atoms with Crippen LogP contribution in [0.4, 0.5) is 0 Å². The number of rotatable bonds is 15. The molecule has 0 aliphatic heterocycles. The first-order chi connectivity index (χ1) is 10.1. The Morgan fingerprint density at radius 1 is 0.762 bits per heavy atom. The summed E-state index contributed by atoms with van der Waals surface area (Å²) in [6.07, 6.45) is 15.3. The van der Waals surface area contributed by atoms with Gasteiger partial charge in [-0.05, 0) is 32.9 Å². The molecule has 1 atom stereocenters. The largest absolute Gasteiger partial charge is 0.329 e. The molecule has 0 spiro atoms. The molecule has 0 fully saturated rings. The summed E-state index contributed by atoms with van der Waals surface area (Å²) in [4.78, 5) is 2.58. The van der Waals surface area contributed by atoms with E-state index in [2.05, 4.69) is 32.6 Å². The monoisotopic (exact) mass is 298 g/mol. The molecule has 1 unspecified atom stereocenters. The van der Waals surface area contributed by atoms with E-state index >= 15 is 0 Å². The molecule has 0 aromatic rings. The zero-order valence-electron chi connectivity index (χ0n) is 15.4. The van der Waals surface area contributed by atoms with Gasteiger partial charge in [-0.15, -0.1) is 0 Å². The smallest absolute Gasteiger partial charge is 0.0300 e. The van der Waals surface area contributed by atoms with E-state index in [0.29, 0.717) is 0 Å². The summed E-state index contributed by atoms with van der Waals surface area (Å²) in [6.45, 7) is 12.2. The highest BCUT2D eigenvalue weighted by Crippen LogP contribution is 2.19. The maximum Gasteiger partial charge on any atom is 0.0300 e. The second-order valence-electron chi connectivity index (χ2n) is 6.82. The van der Waals surface area contributed by atoms with Crippen LogP contribution < -0.4 is 5.73 Å². The Kier molecular flexibility index (Phi) is 13.5. The maximum atomic E-state index is 5.97. The van der Waals surface area contributed by atoms with Crippen molar-refractivity contribution in [2.45, 2.75) is 104 Å². The van der Waals surface area contributed by atoms with Crippen LogP contribution in [0, 0.1) is 0 Å². The molecule has 0 saturated carbocycles. The average Bonchev–Trinajstić information content (AvgIpc) is 2.52. The first-order valence-electron chi connectivity index (χ1n) is 9.59. The zero-order valence-corrected chi connectivity index (χ0v) is 15.4. The lowest BCUT2D eigenvalue weighted by Gasteiger charge is -2.39. The zero-order chi connectivity index (χ0) is 16.0. The standard InChI is InChI=1S/C19H42N2/c1-5-8-9-10-11-12-13-14-15-16-17-21(7-3)19(4,6-2)18-20/h5-18,20H2,1-4H3. The van der Waals surface area contributed by atoms with Crippen LogP contribution in [0.1, 0.15) is 98.3 Å². The summed E-state index contributed by atoms with van der Waals surface area (Å²) in [7, 11) is 0. The van der Waals surface area contributed by atoms with Gasteiger partial charge in [0.05, 0.1) is 0 Å². The van der Waals surface area contributed by atoms with Crippen LogP contribution in [0.15, 0.2) is 0 Å². The summed E-state index contributed by atoms with van der Waals surface area (Å²) < 4.78 is 0. The molecule has 0 bridgehead atoms. The quantitative estimate of drug-likeness (QED) is 0.413. The van der Waals surface area contributed by atoms with Crippen LogP contribution >= 0.6 is 0 Å². The molecule has 2 N–H and O–H groups in total. The van der Waals surface area contributed by atoms with Crippen LogP contribution in [0.5, 0.6) is 0 Å². The highest BCUT2D eigenvalue weighted by Gasteiger charge is 2.26. The lowest BCUT2D eigenvalue weighted by molar-refractivity contribution is 0.110. The summed E-state index contributed by atoms with van der Waals surface area (Å²) in [5.41, 5.74) is 6.17. The highest BCUT2D eigenvalue weighted by atomic mass is 15.2. The molecule has 0 rings (SSSR count). The SMILES string of the molecule is CCCCCCCCCCCCN(CC)C(C)(CC)CN. The predicted molar refractivity (Wildman–Crippen MR) is 96.8 cm³/mol. The first-order valence-corrected chi connectivity index (χ1v) is 9.59. The van der Waals surface area contributed by atoms with E-state index in [1.807, 2.05) is 0 Å². The van der Waals surface area contributed by atoms with Gasteiger partial charge < -0.3 is 5.73 Å². The molecule has 0 saturated heterocycles. The van der Waals surface area contributed by atoms with Crippen LogP contribution in [-0.4, -0.2) is 30.1 Å². The molecule has 0 radical (unpaired) electrons. The Morgan fingerprint density at radius 2 is 1.24 bits per heavy atom. The second-order valence-corrected chi connectivity index (χ2v) is 6.82. The minimum absolute atomic E-state index is 0.202. The van der Waals surface area contributed by atoms with Gasteiger partial charge in [-0.2, -0.15) is 0 Å². The van der Waals surface area contributed by atoms with Gasteiger partial charge in [0, 0.05) is 12.1 Å². The van der Waals surface area contributed by atoms with Crippen LogP contribution in [0.3, 0.4) is 0 Å². The summed E-state index contributed by atoms with van der Waals surface area (Å²) in [5, 5.41) is 0. The molecule has 128 valence electrons. The molecule has 2 heteroatoms. The summed E-state index contributed by atoms with van der Waals surface area (Å²) in [6, 6.07) is 0. The minimum atomic E-state index is 0.202. The van der Waals surface area contributed by atoms with E-state index in [0.717, 1.165) is 19.5 Å².